The molecule has 0 saturated heterocycles. The molecule has 0 aliphatic heterocycles. The molecule has 1 heterocycles. The van der Waals surface area contributed by atoms with Crippen LogP contribution in [0.3, 0.4) is 0 Å². The second-order valence-electron chi connectivity index (χ2n) is 8.22. The van der Waals surface area contributed by atoms with Gasteiger partial charge in [0.25, 0.3) is 0 Å². The van der Waals surface area contributed by atoms with Crippen molar-refractivity contribution in [2.75, 3.05) is 10.6 Å². The molecule has 0 aliphatic rings. The monoisotopic (exact) mass is 472 g/mol. The van der Waals surface area contributed by atoms with Crippen molar-refractivity contribution in [1.29, 1.82) is 0 Å². The third-order valence-electron chi connectivity index (χ3n) is 5.38. The average molecular weight is 473 g/mol. The lowest BCUT2D eigenvalue weighted by Crippen LogP contribution is -2.12. The molecule has 2 aromatic carbocycles. The number of benzene rings is 2. The SMILES string of the molecule is CCCCCc1cccc(Nc2nc(Nc3ccc(OC(C)CC)cc3)ncc2C(F)(F)F)c1. The van der Waals surface area contributed by atoms with Crippen LogP contribution in [0.4, 0.5) is 36.3 Å². The highest BCUT2D eigenvalue weighted by atomic mass is 19.4. The van der Waals surface area contributed by atoms with Crippen LogP contribution in [0.1, 0.15) is 57.6 Å². The summed E-state index contributed by atoms with van der Waals surface area (Å²) in [5.41, 5.74) is 1.33. The first-order valence-corrected chi connectivity index (χ1v) is 11.6. The van der Waals surface area contributed by atoms with Crippen molar-refractivity contribution in [3.8, 4) is 5.75 Å². The van der Waals surface area contributed by atoms with Crippen LogP contribution in [-0.2, 0) is 12.6 Å². The van der Waals surface area contributed by atoms with Crippen molar-refractivity contribution in [2.45, 2.75) is 65.2 Å². The van der Waals surface area contributed by atoms with Gasteiger partial charge in [0.1, 0.15) is 17.1 Å². The standard InChI is InChI=1S/C26H31F3N4O/c1-4-6-7-9-19-10-8-11-21(16-19)31-24-23(26(27,28)29)17-30-25(33-24)32-20-12-14-22(15-13-20)34-18(3)5-2/h8,10-18H,4-7,9H2,1-3H3,(H2,30,31,32,33). The van der Waals surface area contributed by atoms with Gasteiger partial charge in [0.2, 0.25) is 5.95 Å². The van der Waals surface area contributed by atoms with Crippen molar-refractivity contribution >= 4 is 23.1 Å². The Kier molecular flexibility index (Phi) is 8.73. The first-order valence-electron chi connectivity index (χ1n) is 11.6. The van der Waals surface area contributed by atoms with E-state index in [1.807, 2.05) is 32.0 Å². The largest absolute Gasteiger partial charge is 0.491 e. The maximum absolute atomic E-state index is 13.6. The number of rotatable bonds is 11. The molecular weight excluding hydrogens is 441 g/mol. The summed E-state index contributed by atoms with van der Waals surface area (Å²) >= 11 is 0. The third-order valence-corrected chi connectivity index (χ3v) is 5.38. The maximum atomic E-state index is 13.6. The van der Waals surface area contributed by atoms with Crippen LogP contribution in [0.15, 0.2) is 54.7 Å². The maximum Gasteiger partial charge on any atom is 0.421 e. The summed E-state index contributed by atoms with van der Waals surface area (Å²) in [6.07, 6.45) is 1.32. The van der Waals surface area contributed by atoms with Crippen LogP contribution in [0.5, 0.6) is 5.75 Å². The predicted octanol–water partition coefficient (Wildman–Crippen LogP) is 7.89. The van der Waals surface area contributed by atoms with Crippen molar-refractivity contribution in [3.05, 3.63) is 65.9 Å². The Morgan fingerprint density at radius 1 is 0.971 bits per heavy atom. The molecule has 0 amide bonds. The van der Waals surface area contributed by atoms with Crippen molar-refractivity contribution in [3.63, 3.8) is 0 Å². The van der Waals surface area contributed by atoms with Crippen LogP contribution in [-0.4, -0.2) is 16.1 Å². The van der Waals surface area contributed by atoms with E-state index in [1.54, 1.807) is 30.3 Å². The third kappa shape index (κ3) is 7.37. The minimum Gasteiger partial charge on any atom is -0.491 e. The second-order valence-corrected chi connectivity index (χ2v) is 8.22. The zero-order chi connectivity index (χ0) is 24.6. The lowest BCUT2D eigenvalue weighted by atomic mass is 10.1. The minimum atomic E-state index is -4.59. The van der Waals surface area contributed by atoms with E-state index in [0.29, 0.717) is 11.4 Å². The van der Waals surface area contributed by atoms with E-state index in [1.165, 1.54) is 0 Å². The molecule has 0 radical (unpaired) electrons. The van der Waals surface area contributed by atoms with Crippen molar-refractivity contribution in [2.24, 2.45) is 0 Å². The van der Waals surface area contributed by atoms with Gasteiger partial charge < -0.3 is 15.4 Å². The topological polar surface area (TPSA) is 59.1 Å². The van der Waals surface area contributed by atoms with Gasteiger partial charge in [-0.15, -0.1) is 0 Å². The fourth-order valence-corrected chi connectivity index (χ4v) is 3.33. The molecule has 3 aromatic rings. The molecule has 182 valence electrons. The number of nitrogens with zero attached hydrogens (tertiary/aromatic N) is 2. The predicted molar refractivity (Wildman–Crippen MR) is 130 cm³/mol. The molecule has 1 aromatic heterocycles. The van der Waals surface area contributed by atoms with Gasteiger partial charge in [0.15, 0.2) is 0 Å². The Balaban J connectivity index is 1.80. The summed E-state index contributed by atoms with van der Waals surface area (Å²) in [5.74, 6) is 0.479. The van der Waals surface area contributed by atoms with Gasteiger partial charge in [0, 0.05) is 17.6 Å². The summed E-state index contributed by atoms with van der Waals surface area (Å²) in [7, 11) is 0. The summed E-state index contributed by atoms with van der Waals surface area (Å²) in [4.78, 5) is 8.02. The highest BCUT2D eigenvalue weighted by Gasteiger charge is 2.35. The summed E-state index contributed by atoms with van der Waals surface area (Å²) in [5, 5.41) is 5.81. The number of nitrogens with one attached hydrogen (secondary N) is 2. The summed E-state index contributed by atoms with van der Waals surface area (Å²) < 4.78 is 46.6. The number of anilines is 4. The molecule has 0 fully saturated rings. The van der Waals surface area contributed by atoms with Crippen molar-refractivity contribution in [1.82, 2.24) is 9.97 Å². The Morgan fingerprint density at radius 3 is 2.41 bits per heavy atom. The van der Waals surface area contributed by atoms with E-state index in [4.69, 9.17) is 4.74 Å². The normalized spacial score (nSPS) is 12.3. The van der Waals surface area contributed by atoms with E-state index in [2.05, 4.69) is 27.5 Å². The van der Waals surface area contributed by atoms with Gasteiger partial charge >= 0.3 is 6.18 Å². The van der Waals surface area contributed by atoms with Gasteiger partial charge in [-0.3, -0.25) is 0 Å². The van der Waals surface area contributed by atoms with Gasteiger partial charge in [-0.1, -0.05) is 38.8 Å². The van der Waals surface area contributed by atoms with Gasteiger partial charge in [-0.25, -0.2) is 4.98 Å². The van der Waals surface area contributed by atoms with Gasteiger partial charge in [0.05, 0.1) is 6.10 Å². The molecule has 34 heavy (non-hydrogen) atoms. The Morgan fingerprint density at radius 2 is 1.74 bits per heavy atom. The molecular formula is C26H31F3N4O. The highest BCUT2D eigenvalue weighted by Crippen LogP contribution is 2.35. The average Bonchev–Trinajstić information content (AvgIpc) is 2.80. The smallest absolute Gasteiger partial charge is 0.421 e. The summed E-state index contributed by atoms with van der Waals surface area (Å²) in [6, 6.07) is 14.5. The van der Waals surface area contributed by atoms with Crippen LogP contribution in [0.25, 0.3) is 0 Å². The number of hydrogen-bond acceptors (Lipinski definition) is 5. The Hall–Kier alpha value is -3.29. The number of halogens is 3. The molecule has 0 spiro atoms. The molecule has 0 aliphatic carbocycles. The van der Waals surface area contributed by atoms with Crippen LogP contribution in [0.2, 0.25) is 0 Å². The van der Waals surface area contributed by atoms with Crippen LogP contribution < -0.4 is 15.4 Å². The number of hydrogen-bond donors (Lipinski definition) is 2. The zero-order valence-corrected chi connectivity index (χ0v) is 19.7. The van der Waals surface area contributed by atoms with Crippen molar-refractivity contribution < 1.29 is 17.9 Å². The lowest BCUT2D eigenvalue weighted by molar-refractivity contribution is -0.137. The molecule has 1 atom stereocenters. The zero-order valence-electron chi connectivity index (χ0n) is 19.7. The highest BCUT2D eigenvalue weighted by molar-refractivity contribution is 5.63. The van der Waals surface area contributed by atoms with E-state index >= 15 is 0 Å². The molecule has 3 rings (SSSR count). The number of unbranched alkanes of at least 4 members (excludes halogenated alkanes) is 2. The van der Waals surface area contributed by atoms with E-state index in [0.717, 1.165) is 49.6 Å². The first kappa shape index (κ1) is 25.3. The van der Waals surface area contributed by atoms with E-state index < -0.39 is 11.7 Å². The fourth-order valence-electron chi connectivity index (χ4n) is 3.33. The Bertz CT molecular complexity index is 1050. The molecule has 0 saturated carbocycles. The number of ether oxygens (including phenoxy) is 1. The van der Waals surface area contributed by atoms with E-state index in [9.17, 15) is 13.2 Å². The van der Waals surface area contributed by atoms with Gasteiger partial charge in [-0.05, 0) is 68.1 Å². The molecule has 1 unspecified atom stereocenters. The van der Waals surface area contributed by atoms with Crippen LogP contribution in [0, 0.1) is 0 Å². The second kappa shape index (κ2) is 11.7. The molecule has 0 bridgehead atoms. The number of aryl methyl sites for hydroxylation is 1. The minimum absolute atomic E-state index is 0.0604. The fraction of sp³-hybridized carbons (Fsp3) is 0.385. The molecule has 2 N–H and O–H groups in total. The first-order chi connectivity index (χ1) is 16.3. The molecule has 5 nitrogen and oxygen atoms in total. The van der Waals surface area contributed by atoms with E-state index in [-0.39, 0.29) is 17.9 Å². The van der Waals surface area contributed by atoms with Crippen LogP contribution >= 0.6 is 0 Å². The Labute approximate surface area is 198 Å². The number of aromatic nitrogens is 2. The lowest BCUT2D eigenvalue weighted by Gasteiger charge is -2.16. The quantitative estimate of drug-likeness (QED) is 0.278. The summed E-state index contributed by atoms with van der Waals surface area (Å²) in [6.45, 7) is 6.15. The number of alkyl halides is 3. The van der Waals surface area contributed by atoms with Gasteiger partial charge in [-0.2, -0.15) is 18.2 Å². The molecule has 8 heteroatoms.